The highest BCUT2D eigenvalue weighted by Crippen LogP contribution is 2.26. The molecule has 0 fully saturated rings. The minimum atomic E-state index is -0.242. The zero-order chi connectivity index (χ0) is 12.8. The normalized spacial score (nSPS) is 20.4. The van der Waals surface area contributed by atoms with Crippen molar-refractivity contribution in [3.8, 4) is 0 Å². The second kappa shape index (κ2) is 6.88. The van der Waals surface area contributed by atoms with E-state index in [-0.39, 0.29) is 12.2 Å². The van der Waals surface area contributed by atoms with E-state index in [0.29, 0.717) is 6.54 Å². The minimum absolute atomic E-state index is 0.128. The lowest BCUT2D eigenvalue weighted by atomic mass is 9.97. The first-order valence-corrected chi connectivity index (χ1v) is 6.89. The predicted octanol–water partition coefficient (Wildman–Crippen LogP) is 2.05. The van der Waals surface area contributed by atoms with Gasteiger partial charge in [-0.3, -0.25) is 0 Å². The highest BCUT2D eigenvalue weighted by molar-refractivity contribution is 5.31. The van der Waals surface area contributed by atoms with Crippen LogP contribution in [-0.4, -0.2) is 30.9 Å². The molecule has 1 heterocycles. The van der Waals surface area contributed by atoms with Crippen LogP contribution in [0.3, 0.4) is 0 Å². The van der Waals surface area contributed by atoms with Crippen molar-refractivity contribution in [2.75, 3.05) is 19.7 Å². The first-order valence-electron chi connectivity index (χ1n) is 6.89. The molecule has 0 bridgehead atoms. The maximum Gasteiger partial charge on any atom is 0.0952 e. The fraction of sp³-hybridized carbons (Fsp3) is 0.600. The van der Waals surface area contributed by atoms with Gasteiger partial charge in [-0.15, -0.1) is 0 Å². The molecule has 1 aliphatic heterocycles. The van der Waals surface area contributed by atoms with Crippen molar-refractivity contribution in [1.82, 2.24) is 5.32 Å². The summed E-state index contributed by atoms with van der Waals surface area (Å²) in [7, 11) is 0. The number of aliphatic hydroxyl groups excluding tert-OH is 1. The summed E-state index contributed by atoms with van der Waals surface area (Å²) < 4.78 is 5.80. The molecule has 0 aromatic heterocycles. The molecular formula is C15H23NO2. The number of ether oxygens (including phenoxy) is 1. The maximum atomic E-state index is 9.67. The summed E-state index contributed by atoms with van der Waals surface area (Å²) in [6.45, 7) is 4.30. The molecule has 2 N–H and O–H groups in total. The Kier molecular flexibility index (Phi) is 5.17. The van der Waals surface area contributed by atoms with Crippen molar-refractivity contribution in [1.29, 1.82) is 0 Å². The Morgan fingerprint density at radius 2 is 2.28 bits per heavy atom. The third-order valence-corrected chi connectivity index (χ3v) is 3.42. The van der Waals surface area contributed by atoms with Crippen molar-refractivity contribution in [2.45, 2.75) is 38.4 Å². The standard InChI is InChI=1S/C15H23NO2/c1-2-5-13(17)10-16-11-15-14-7-4-3-6-12(14)8-9-18-15/h3-4,6-7,13,15-17H,2,5,8-11H2,1H3. The number of fused-ring (bicyclic) bond motifs is 1. The Morgan fingerprint density at radius 3 is 3.11 bits per heavy atom. The zero-order valence-corrected chi connectivity index (χ0v) is 11.1. The monoisotopic (exact) mass is 249 g/mol. The zero-order valence-electron chi connectivity index (χ0n) is 11.1. The lowest BCUT2D eigenvalue weighted by Gasteiger charge is -2.26. The van der Waals surface area contributed by atoms with E-state index in [0.717, 1.165) is 32.4 Å². The molecule has 3 nitrogen and oxygen atoms in total. The molecule has 1 aromatic carbocycles. The second-order valence-corrected chi connectivity index (χ2v) is 4.91. The van der Waals surface area contributed by atoms with Crippen LogP contribution in [0.1, 0.15) is 37.0 Å². The number of nitrogens with one attached hydrogen (secondary N) is 1. The Bertz CT molecular complexity index is 367. The van der Waals surface area contributed by atoms with Crippen molar-refractivity contribution >= 4 is 0 Å². The van der Waals surface area contributed by atoms with Gasteiger partial charge < -0.3 is 15.2 Å². The Morgan fingerprint density at radius 1 is 1.44 bits per heavy atom. The van der Waals surface area contributed by atoms with Crippen LogP contribution >= 0.6 is 0 Å². The third kappa shape index (κ3) is 3.55. The van der Waals surface area contributed by atoms with Gasteiger partial charge in [-0.05, 0) is 24.0 Å². The average molecular weight is 249 g/mol. The van der Waals surface area contributed by atoms with E-state index in [9.17, 15) is 5.11 Å². The molecular weight excluding hydrogens is 226 g/mol. The van der Waals surface area contributed by atoms with Crippen LogP contribution in [0.5, 0.6) is 0 Å². The number of hydrogen-bond acceptors (Lipinski definition) is 3. The number of hydrogen-bond donors (Lipinski definition) is 2. The van der Waals surface area contributed by atoms with Gasteiger partial charge in [-0.2, -0.15) is 0 Å². The van der Waals surface area contributed by atoms with E-state index in [2.05, 4.69) is 36.5 Å². The predicted molar refractivity (Wildman–Crippen MR) is 72.6 cm³/mol. The summed E-state index contributed by atoms with van der Waals surface area (Å²) in [5.41, 5.74) is 2.69. The highest BCUT2D eigenvalue weighted by atomic mass is 16.5. The largest absolute Gasteiger partial charge is 0.392 e. The molecule has 1 aliphatic rings. The number of benzene rings is 1. The quantitative estimate of drug-likeness (QED) is 0.811. The molecule has 3 heteroatoms. The van der Waals surface area contributed by atoms with E-state index < -0.39 is 0 Å². The summed E-state index contributed by atoms with van der Waals surface area (Å²) in [6.07, 6.45) is 2.77. The Labute approximate surface area is 109 Å². The molecule has 0 saturated heterocycles. The van der Waals surface area contributed by atoms with Crippen molar-refractivity contribution < 1.29 is 9.84 Å². The van der Waals surface area contributed by atoms with Crippen molar-refractivity contribution in [2.24, 2.45) is 0 Å². The van der Waals surface area contributed by atoms with Gasteiger partial charge in [0.25, 0.3) is 0 Å². The lowest BCUT2D eigenvalue weighted by Crippen LogP contribution is -2.32. The fourth-order valence-corrected chi connectivity index (χ4v) is 2.46. The highest BCUT2D eigenvalue weighted by Gasteiger charge is 2.19. The molecule has 0 aliphatic carbocycles. The van der Waals surface area contributed by atoms with Gasteiger partial charge in [0.1, 0.15) is 0 Å². The molecule has 2 atom stereocenters. The molecule has 1 aromatic rings. The molecule has 0 radical (unpaired) electrons. The van der Waals surface area contributed by atoms with Crippen LogP contribution < -0.4 is 5.32 Å². The van der Waals surface area contributed by atoms with E-state index in [1.165, 1.54) is 11.1 Å². The van der Waals surface area contributed by atoms with Crippen LogP contribution in [0.4, 0.5) is 0 Å². The van der Waals surface area contributed by atoms with Crippen molar-refractivity contribution in [3.05, 3.63) is 35.4 Å². The minimum Gasteiger partial charge on any atom is -0.392 e. The third-order valence-electron chi connectivity index (χ3n) is 3.42. The summed E-state index contributed by atoms with van der Waals surface area (Å²) in [5, 5.41) is 13.0. The topological polar surface area (TPSA) is 41.5 Å². The molecule has 0 spiro atoms. The fourth-order valence-electron chi connectivity index (χ4n) is 2.46. The summed E-state index contributed by atoms with van der Waals surface area (Å²) >= 11 is 0. The van der Waals surface area contributed by atoms with Gasteiger partial charge in [0.2, 0.25) is 0 Å². The summed E-state index contributed by atoms with van der Waals surface area (Å²) in [6, 6.07) is 8.46. The van der Waals surface area contributed by atoms with E-state index in [1.807, 2.05) is 0 Å². The maximum absolute atomic E-state index is 9.67. The number of aliphatic hydroxyl groups is 1. The van der Waals surface area contributed by atoms with Crippen LogP contribution in [0, 0.1) is 0 Å². The molecule has 100 valence electrons. The molecule has 0 amide bonds. The SMILES string of the molecule is CCCC(O)CNCC1OCCc2ccccc21. The molecule has 2 rings (SSSR count). The smallest absolute Gasteiger partial charge is 0.0952 e. The van der Waals surface area contributed by atoms with Gasteiger partial charge in [0, 0.05) is 13.1 Å². The molecule has 2 unspecified atom stereocenters. The Balaban J connectivity index is 1.84. The van der Waals surface area contributed by atoms with Crippen LogP contribution in [0.15, 0.2) is 24.3 Å². The van der Waals surface area contributed by atoms with E-state index in [4.69, 9.17) is 4.74 Å². The van der Waals surface area contributed by atoms with Crippen LogP contribution in [0.25, 0.3) is 0 Å². The van der Waals surface area contributed by atoms with E-state index in [1.54, 1.807) is 0 Å². The molecule has 0 saturated carbocycles. The van der Waals surface area contributed by atoms with Gasteiger partial charge in [0.15, 0.2) is 0 Å². The Hall–Kier alpha value is -0.900. The number of rotatable bonds is 6. The second-order valence-electron chi connectivity index (χ2n) is 4.91. The van der Waals surface area contributed by atoms with Crippen LogP contribution in [-0.2, 0) is 11.2 Å². The van der Waals surface area contributed by atoms with Crippen LogP contribution in [0.2, 0.25) is 0 Å². The molecule has 18 heavy (non-hydrogen) atoms. The van der Waals surface area contributed by atoms with Gasteiger partial charge in [-0.25, -0.2) is 0 Å². The lowest BCUT2D eigenvalue weighted by molar-refractivity contribution is 0.0398. The summed E-state index contributed by atoms with van der Waals surface area (Å²) in [4.78, 5) is 0. The van der Waals surface area contributed by atoms with Gasteiger partial charge in [0.05, 0.1) is 18.8 Å². The first kappa shape index (κ1) is 13.5. The summed E-state index contributed by atoms with van der Waals surface area (Å²) in [5.74, 6) is 0. The van der Waals surface area contributed by atoms with E-state index >= 15 is 0 Å². The van der Waals surface area contributed by atoms with Gasteiger partial charge >= 0.3 is 0 Å². The average Bonchev–Trinajstić information content (AvgIpc) is 2.39. The first-order chi connectivity index (χ1) is 8.81. The van der Waals surface area contributed by atoms with Crippen molar-refractivity contribution in [3.63, 3.8) is 0 Å². The van der Waals surface area contributed by atoms with Gasteiger partial charge in [-0.1, -0.05) is 37.6 Å².